The first-order valence-corrected chi connectivity index (χ1v) is 7.15. The van der Waals surface area contributed by atoms with Gasteiger partial charge in [0.05, 0.1) is 0 Å². The van der Waals surface area contributed by atoms with Crippen molar-refractivity contribution in [2.45, 2.75) is 25.3 Å². The molecular formula is C15H16N4O3. The van der Waals surface area contributed by atoms with Crippen molar-refractivity contribution in [3.63, 3.8) is 0 Å². The van der Waals surface area contributed by atoms with Crippen molar-refractivity contribution in [1.82, 2.24) is 19.7 Å². The third-order valence-corrected chi connectivity index (χ3v) is 3.88. The van der Waals surface area contributed by atoms with Gasteiger partial charge in [0.25, 0.3) is 5.91 Å². The first-order valence-electron chi connectivity index (χ1n) is 7.15. The summed E-state index contributed by atoms with van der Waals surface area (Å²) in [4.78, 5) is 25.3. The number of likely N-dealkylation sites (tertiary alicyclic amines) is 1. The van der Waals surface area contributed by atoms with Crippen LogP contribution in [0.1, 0.15) is 29.6 Å². The lowest BCUT2D eigenvalue weighted by atomic mass is 10.0. The molecule has 3 rings (SSSR count). The number of carbonyl (C=O) groups excluding carboxylic acids is 1. The van der Waals surface area contributed by atoms with E-state index < -0.39 is 12.0 Å². The van der Waals surface area contributed by atoms with Crippen molar-refractivity contribution < 1.29 is 14.7 Å². The number of aliphatic carboxylic acids is 1. The second kappa shape index (κ2) is 5.97. The van der Waals surface area contributed by atoms with Crippen LogP contribution in [0, 0.1) is 0 Å². The van der Waals surface area contributed by atoms with E-state index in [1.165, 1.54) is 4.90 Å². The van der Waals surface area contributed by atoms with Gasteiger partial charge in [-0.2, -0.15) is 0 Å². The highest BCUT2D eigenvalue weighted by atomic mass is 16.4. The number of carboxylic acids is 1. The number of aromatic nitrogens is 3. The van der Waals surface area contributed by atoms with Gasteiger partial charge in [-0.25, -0.2) is 4.79 Å². The summed E-state index contributed by atoms with van der Waals surface area (Å²) < 4.78 is 1.73. The molecule has 0 saturated carbocycles. The lowest BCUT2D eigenvalue weighted by molar-refractivity contribution is -0.143. The van der Waals surface area contributed by atoms with E-state index in [9.17, 15) is 14.7 Å². The van der Waals surface area contributed by atoms with Gasteiger partial charge >= 0.3 is 5.97 Å². The van der Waals surface area contributed by atoms with Crippen LogP contribution in [0.15, 0.2) is 36.9 Å². The van der Waals surface area contributed by atoms with Gasteiger partial charge in [-0.05, 0) is 43.5 Å². The summed E-state index contributed by atoms with van der Waals surface area (Å²) in [6.07, 6.45) is 5.34. The summed E-state index contributed by atoms with van der Waals surface area (Å²) in [5.41, 5.74) is 1.33. The molecule has 7 heteroatoms. The Morgan fingerprint density at radius 1 is 1.09 bits per heavy atom. The van der Waals surface area contributed by atoms with Crippen molar-refractivity contribution in [2.24, 2.45) is 0 Å². The van der Waals surface area contributed by atoms with Crippen LogP contribution in [0.25, 0.3) is 5.69 Å². The SMILES string of the molecule is O=C(O)C1CCCCN1C(=O)c1ccc(-n2cnnc2)cc1. The largest absolute Gasteiger partial charge is 0.480 e. The highest BCUT2D eigenvalue weighted by molar-refractivity contribution is 5.96. The number of hydrogen-bond donors (Lipinski definition) is 1. The third-order valence-electron chi connectivity index (χ3n) is 3.88. The second-order valence-electron chi connectivity index (χ2n) is 5.26. The van der Waals surface area contributed by atoms with Gasteiger partial charge in [-0.3, -0.25) is 9.36 Å². The Kier molecular flexibility index (Phi) is 3.86. The van der Waals surface area contributed by atoms with Crippen LogP contribution in [0.5, 0.6) is 0 Å². The molecule has 2 heterocycles. The highest BCUT2D eigenvalue weighted by Gasteiger charge is 2.32. The summed E-state index contributed by atoms with van der Waals surface area (Å²) in [5.74, 6) is -1.17. The smallest absolute Gasteiger partial charge is 0.326 e. The van der Waals surface area contributed by atoms with Crippen LogP contribution in [0.4, 0.5) is 0 Å². The molecule has 0 spiro atoms. The molecule has 1 fully saturated rings. The quantitative estimate of drug-likeness (QED) is 0.924. The number of rotatable bonds is 3. The van der Waals surface area contributed by atoms with Gasteiger partial charge in [-0.1, -0.05) is 0 Å². The predicted molar refractivity (Wildman–Crippen MR) is 77.7 cm³/mol. The molecule has 1 N–H and O–H groups in total. The normalized spacial score (nSPS) is 18.2. The van der Waals surface area contributed by atoms with Crippen LogP contribution in [-0.4, -0.2) is 49.2 Å². The van der Waals surface area contributed by atoms with E-state index in [-0.39, 0.29) is 5.91 Å². The monoisotopic (exact) mass is 300 g/mol. The summed E-state index contributed by atoms with van der Waals surface area (Å²) >= 11 is 0. The maximum Gasteiger partial charge on any atom is 0.326 e. The molecule has 114 valence electrons. The summed E-state index contributed by atoms with van der Waals surface area (Å²) in [6, 6.07) is 6.25. The molecule has 22 heavy (non-hydrogen) atoms. The number of hydrogen-bond acceptors (Lipinski definition) is 4. The van der Waals surface area contributed by atoms with Gasteiger partial charge in [0.1, 0.15) is 18.7 Å². The Morgan fingerprint density at radius 2 is 1.77 bits per heavy atom. The lowest BCUT2D eigenvalue weighted by Gasteiger charge is -2.33. The average Bonchev–Trinajstić information content (AvgIpc) is 3.09. The van der Waals surface area contributed by atoms with Crippen molar-refractivity contribution in [3.05, 3.63) is 42.5 Å². The highest BCUT2D eigenvalue weighted by Crippen LogP contribution is 2.20. The van der Waals surface area contributed by atoms with E-state index in [2.05, 4.69) is 10.2 Å². The zero-order chi connectivity index (χ0) is 15.5. The maximum absolute atomic E-state index is 12.5. The van der Waals surface area contributed by atoms with Crippen LogP contribution < -0.4 is 0 Å². The molecule has 1 aromatic carbocycles. The molecule has 0 radical (unpaired) electrons. The second-order valence-corrected chi connectivity index (χ2v) is 5.26. The molecule has 1 atom stereocenters. The number of carbonyl (C=O) groups is 2. The number of piperidine rings is 1. The Labute approximate surface area is 127 Å². The maximum atomic E-state index is 12.5. The summed E-state index contributed by atoms with van der Waals surface area (Å²) in [6.45, 7) is 0.489. The fourth-order valence-corrected chi connectivity index (χ4v) is 2.71. The van der Waals surface area contributed by atoms with Crippen molar-refractivity contribution in [2.75, 3.05) is 6.54 Å². The summed E-state index contributed by atoms with van der Waals surface area (Å²) in [7, 11) is 0. The Balaban J connectivity index is 1.81. The molecule has 2 aromatic rings. The number of benzene rings is 1. The Hall–Kier alpha value is -2.70. The molecule has 7 nitrogen and oxygen atoms in total. The molecule has 1 aliphatic rings. The first-order chi connectivity index (χ1) is 10.7. The van der Waals surface area contributed by atoms with Gasteiger partial charge < -0.3 is 10.0 Å². The van der Waals surface area contributed by atoms with Crippen molar-refractivity contribution in [3.8, 4) is 5.69 Å². The van der Waals surface area contributed by atoms with Crippen LogP contribution >= 0.6 is 0 Å². The minimum absolute atomic E-state index is 0.234. The van der Waals surface area contributed by atoms with Crippen molar-refractivity contribution >= 4 is 11.9 Å². The zero-order valence-corrected chi connectivity index (χ0v) is 11.9. The van der Waals surface area contributed by atoms with E-state index in [4.69, 9.17) is 0 Å². The molecular weight excluding hydrogens is 284 g/mol. The summed E-state index contributed by atoms with van der Waals surface area (Å²) in [5, 5.41) is 16.7. The third kappa shape index (κ3) is 2.69. The lowest BCUT2D eigenvalue weighted by Crippen LogP contribution is -2.47. The topological polar surface area (TPSA) is 88.3 Å². The minimum Gasteiger partial charge on any atom is -0.480 e. The van der Waals surface area contributed by atoms with Crippen LogP contribution in [-0.2, 0) is 4.79 Å². The van der Waals surface area contributed by atoms with E-state index in [1.807, 2.05) is 0 Å². The minimum atomic E-state index is -0.936. The predicted octanol–water partition coefficient (Wildman–Crippen LogP) is 1.35. The molecule has 0 aliphatic carbocycles. The molecule has 0 bridgehead atoms. The van der Waals surface area contributed by atoms with E-state index in [0.29, 0.717) is 18.5 Å². The van der Waals surface area contributed by atoms with Crippen LogP contribution in [0.3, 0.4) is 0 Å². The number of amides is 1. The number of nitrogens with zero attached hydrogens (tertiary/aromatic N) is 4. The first kappa shape index (κ1) is 14.2. The molecule has 1 aromatic heterocycles. The van der Waals surface area contributed by atoms with E-state index in [0.717, 1.165) is 18.5 Å². The Bertz CT molecular complexity index is 667. The van der Waals surface area contributed by atoms with E-state index in [1.54, 1.807) is 41.5 Å². The van der Waals surface area contributed by atoms with Gasteiger partial charge in [-0.15, -0.1) is 10.2 Å². The van der Waals surface area contributed by atoms with Gasteiger partial charge in [0, 0.05) is 17.8 Å². The number of carboxylic acid groups (broad SMARTS) is 1. The molecule has 1 amide bonds. The van der Waals surface area contributed by atoms with Crippen molar-refractivity contribution in [1.29, 1.82) is 0 Å². The van der Waals surface area contributed by atoms with E-state index >= 15 is 0 Å². The van der Waals surface area contributed by atoms with Gasteiger partial charge in [0.15, 0.2) is 0 Å². The fraction of sp³-hybridized carbons (Fsp3) is 0.333. The molecule has 1 aliphatic heterocycles. The Morgan fingerprint density at radius 3 is 2.41 bits per heavy atom. The van der Waals surface area contributed by atoms with Gasteiger partial charge in [0.2, 0.25) is 0 Å². The van der Waals surface area contributed by atoms with Crippen LogP contribution in [0.2, 0.25) is 0 Å². The zero-order valence-electron chi connectivity index (χ0n) is 11.9. The average molecular weight is 300 g/mol. The standard InChI is InChI=1S/C15H16N4O3/c20-14(19-8-2-1-3-13(19)15(21)22)11-4-6-12(7-5-11)18-9-16-17-10-18/h4-7,9-10,13H,1-3,8H2,(H,21,22). The molecule has 1 unspecified atom stereocenters. The fourth-order valence-electron chi connectivity index (χ4n) is 2.71. The molecule has 1 saturated heterocycles.